The highest BCUT2D eigenvalue weighted by Crippen LogP contribution is 2.24. The van der Waals surface area contributed by atoms with Gasteiger partial charge in [-0.15, -0.1) is 5.10 Å². The van der Waals surface area contributed by atoms with Gasteiger partial charge >= 0.3 is 0 Å². The van der Waals surface area contributed by atoms with Crippen LogP contribution in [0.15, 0.2) is 47.6 Å². The molecule has 134 valence electrons. The van der Waals surface area contributed by atoms with Crippen molar-refractivity contribution >= 4 is 23.4 Å². The standard InChI is InChI=1S/C20H22N4OS/c1-12-6-9-16(10-7-12)18-22-20(24-23-18)26-15(4)19(25)21-17-11-13(2)5-8-14(17)3/h5-11,15H,1-4H3,(H,21,25)(H,22,23,24)/t15-/m1/s1. The molecule has 6 heteroatoms. The van der Waals surface area contributed by atoms with E-state index in [1.54, 1.807) is 0 Å². The number of aromatic amines is 1. The second-order valence-electron chi connectivity index (χ2n) is 6.40. The summed E-state index contributed by atoms with van der Waals surface area (Å²) in [5.41, 5.74) is 5.17. The van der Waals surface area contributed by atoms with Crippen LogP contribution in [-0.2, 0) is 4.79 Å². The van der Waals surface area contributed by atoms with E-state index < -0.39 is 0 Å². The topological polar surface area (TPSA) is 70.7 Å². The third kappa shape index (κ3) is 4.32. The first-order valence-corrected chi connectivity index (χ1v) is 9.34. The SMILES string of the molecule is Cc1ccc(-c2nc(S[C@H](C)C(=O)Nc3cc(C)ccc3C)n[nH]2)cc1. The van der Waals surface area contributed by atoms with Crippen LogP contribution in [0, 0.1) is 20.8 Å². The first-order valence-electron chi connectivity index (χ1n) is 8.46. The Morgan fingerprint density at radius 1 is 1.08 bits per heavy atom. The second kappa shape index (κ2) is 7.74. The summed E-state index contributed by atoms with van der Waals surface area (Å²) in [6, 6.07) is 14.1. The summed E-state index contributed by atoms with van der Waals surface area (Å²) in [5.74, 6) is 0.639. The van der Waals surface area contributed by atoms with Gasteiger partial charge in [0.1, 0.15) is 0 Å². The summed E-state index contributed by atoms with van der Waals surface area (Å²) in [6.07, 6.45) is 0. The van der Waals surface area contributed by atoms with Crippen molar-refractivity contribution in [3.05, 3.63) is 59.2 Å². The number of carbonyl (C=O) groups is 1. The highest BCUT2D eigenvalue weighted by atomic mass is 32.2. The number of nitrogens with one attached hydrogen (secondary N) is 2. The van der Waals surface area contributed by atoms with Gasteiger partial charge in [-0.05, 0) is 44.9 Å². The maximum atomic E-state index is 12.5. The van der Waals surface area contributed by atoms with Gasteiger partial charge in [0.2, 0.25) is 11.1 Å². The fourth-order valence-electron chi connectivity index (χ4n) is 2.46. The number of rotatable bonds is 5. The molecule has 0 aliphatic carbocycles. The molecule has 5 nitrogen and oxygen atoms in total. The molecular weight excluding hydrogens is 344 g/mol. The van der Waals surface area contributed by atoms with Crippen LogP contribution < -0.4 is 5.32 Å². The van der Waals surface area contributed by atoms with Crippen molar-refractivity contribution in [3.63, 3.8) is 0 Å². The van der Waals surface area contributed by atoms with Gasteiger partial charge in [0.05, 0.1) is 5.25 Å². The molecule has 0 radical (unpaired) electrons. The Morgan fingerprint density at radius 2 is 1.77 bits per heavy atom. The summed E-state index contributed by atoms with van der Waals surface area (Å²) in [6.45, 7) is 7.89. The minimum absolute atomic E-state index is 0.0645. The van der Waals surface area contributed by atoms with Gasteiger partial charge < -0.3 is 5.32 Å². The molecule has 0 aliphatic rings. The molecule has 2 aromatic carbocycles. The monoisotopic (exact) mass is 366 g/mol. The number of amides is 1. The Kier molecular flexibility index (Phi) is 5.42. The molecule has 3 rings (SSSR count). The number of carbonyl (C=O) groups excluding carboxylic acids is 1. The molecule has 0 unspecified atom stereocenters. The van der Waals surface area contributed by atoms with Gasteiger partial charge in [-0.2, -0.15) is 0 Å². The molecular formula is C20H22N4OS. The lowest BCUT2D eigenvalue weighted by Crippen LogP contribution is -2.23. The van der Waals surface area contributed by atoms with Crippen molar-refractivity contribution in [2.24, 2.45) is 0 Å². The Balaban J connectivity index is 1.66. The van der Waals surface area contributed by atoms with E-state index >= 15 is 0 Å². The lowest BCUT2D eigenvalue weighted by molar-refractivity contribution is -0.115. The van der Waals surface area contributed by atoms with Crippen LogP contribution >= 0.6 is 11.8 Å². The summed E-state index contributed by atoms with van der Waals surface area (Å²) in [5, 5.41) is 10.4. The van der Waals surface area contributed by atoms with Crippen LogP contribution in [0.2, 0.25) is 0 Å². The number of thioether (sulfide) groups is 1. The zero-order valence-electron chi connectivity index (χ0n) is 15.3. The van der Waals surface area contributed by atoms with Crippen molar-refractivity contribution < 1.29 is 4.79 Å². The minimum atomic E-state index is -0.309. The van der Waals surface area contributed by atoms with Crippen LogP contribution in [-0.4, -0.2) is 26.3 Å². The summed E-state index contributed by atoms with van der Waals surface area (Å²) in [4.78, 5) is 17.0. The fraction of sp³-hybridized carbons (Fsp3) is 0.250. The van der Waals surface area contributed by atoms with Crippen molar-refractivity contribution in [1.82, 2.24) is 15.2 Å². The van der Waals surface area contributed by atoms with Gasteiger partial charge in [-0.1, -0.05) is 53.7 Å². The molecule has 1 amide bonds. The van der Waals surface area contributed by atoms with E-state index in [2.05, 4.69) is 20.5 Å². The van der Waals surface area contributed by atoms with E-state index in [9.17, 15) is 4.79 Å². The Hall–Kier alpha value is -2.60. The predicted molar refractivity (Wildman–Crippen MR) is 106 cm³/mol. The molecule has 0 spiro atoms. The summed E-state index contributed by atoms with van der Waals surface area (Å²) >= 11 is 1.33. The fourth-order valence-corrected chi connectivity index (χ4v) is 3.18. The van der Waals surface area contributed by atoms with Crippen molar-refractivity contribution in [3.8, 4) is 11.4 Å². The molecule has 0 bridgehead atoms. The maximum absolute atomic E-state index is 12.5. The van der Waals surface area contributed by atoms with Gasteiger partial charge in [0, 0.05) is 11.3 Å². The molecule has 0 fully saturated rings. The van der Waals surface area contributed by atoms with Crippen LogP contribution in [0.25, 0.3) is 11.4 Å². The molecule has 1 atom stereocenters. The van der Waals surface area contributed by atoms with E-state index in [1.165, 1.54) is 17.3 Å². The maximum Gasteiger partial charge on any atom is 0.237 e. The molecule has 1 heterocycles. The Morgan fingerprint density at radius 3 is 2.50 bits per heavy atom. The van der Waals surface area contributed by atoms with E-state index in [1.807, 2.05) is 70.2 Å². The van der Waals surface area contributed by atoms with E-state index in [0.717, 1.165) is 22.4 Å². The number of benzene rings is 2. The molecule has 0 aliphatic heterocycles. The van der Waals surface area contributed by atoms with E-state index in [4.69, 9.17) is 0 Å². The lowest BCUT2D eigenvalue weighted by Gasteiger charge is -2.12. The number of hydrogen-bond acceptors (Lipinski definition) is 4. The van der Waals surface area contributed by atoms with Gasteiger partial charge in [-0.25, -0.2) is 4.98 Å². The minimum Gasteiger partial charge on any atom is -0.325 e. The second-order valence-corrected chi connectivity index (χ2v) is 7.71. The normalized spacial score (nSPS) is 12.0. The molecule has 3 aromatic rings. The molecule has 1 aromatic heterocycles. The van der Waals surface area contributed by atoms with Gasteiger partial charge in [0.15, 0.2) is 5.82 Å². The van der Waals surface area contributed by atoms with E-state index in [0.29, 0.717) is 11.0 Å². The number of aryl methyl sites for hydroxylation is 3. The Bertz CT molecular complexity index is 918. The van der Waals surface area contributed by atoms with Crippen LogP contribution in [0.5, 0.6) is 0 Å². The summed E-state index contributed by atoms with van der Waals surface area (Å²) in [7, 11) is 0. The van der Waals surface area contributed by atoms with Crippen LogP contribution in [0.4, 0.5) is 5.69 Å². The van der Waals surface area contributed by atoms with Gasteiger partial charge in [-0.3, -0.25) is 9.89 Å². The zero-order valence-corrected chi connectivity index (χ0v) is 16.1. The lowest BCUT2D eigenvalue weighted by atomic mass is 10.1. The first kappa shape index (κ1) is 18.2. The van der Waals surface area contributed by atoms with Crippen LogP contribution in [0.1, 0.15) is 23.6 Å². The molecule has 2 N–H and O–H groups in total. The number of hydrogen-bond donors (Lipinski definition) is 2. The average molecular weight is 366 g/mol. The zero-order chi connectivity index (χ0) is 18.7. The highest BCUT2D eigenvalue weighted by molar-refractivity contribution is 8.00. The Labute approximate surface area is 157 Å². The van der Waals surface area contributed by atoms with Crippen LogP contribution in [0.3, 0.4) is 0 Å². The number of aromatic nitrogens is 3. The number of nitrogens with zero attached hydrogens (tertiary/aromatic N) is 2. The van der Waals surface area contributed by atoms with Crippen molar-refractivity contribution in [1.29, 1.82) is 0 Å². The third-order valence-electron chi connectivity index (χ3n) is 4.09. The largest absolute Gasteiger partial charge is 0.325 e. The third-order valence-corrected chi connectivity index (χ3v) is 5.05. The smallest absolute Gasteiger partial charge is 0.237 e. The molecule has 0 saturated heterocycles. The number of anilines is 1. The quantitative estimate of drug-likeness (QED) is 0.652. The van der Waals surface area contributed by atoms with E-state index in [-0.39, 0.29) is 11.2 Å². The van der Waals surface area contributed by atoms with Crippen molar-refractivity contribution in [2.45, 2.75) is 38.1 Å². The molecule has 26 heavy (non-hydrogen) atoms. The predicted octanol–water partition coefficient (Wildman–Crippen LogP) is 4.52. The highest BCUT2D eigenvalue weighted by Gasteiger charge is 2.18. The average Bonchev–Trinajstić information content (AvgIpc) is 3.07. The van der Waals surface area contributed by atoms with Gasteiger partial charge in [0.25, 0.3) is 0 Å². The number of H-pyrrole nitrogens is 1. The summed E-state index contributed by atoms with van der Waals surface area (Å²) < 4.78 is 0. The van der Waals surface area contributed by atoms with Crippen molar-refractivity contribution in [2.75, 3.05) is 5.32 Å². The first-order chi connectivity index (χ1) is 12.4. The molecule has 0 saturated carbocycles.